The van der Waals surface area contributed by atoms with Crippen LogP contribution in [-0.4, -0.2) is 51.1 Å². The lowest BCUT2D eigenvalue weighted by Gasteiger charge is -2.13. The van der Waals surface area contributed by atoms with Gasteiger partial charge in [-0.1, -0.05) is 18.2 Å². The summed E-state index contributed by atoms with van der Waals surface area (Å²) in [5.41, 5.74) is 1.48. The van der Waals surface area contributed by atoms with E-state index >= 15 is 0 Å². The van der Waals surface area contributed by atoms with Crippen molar-refractivity contribution in [2.24, 2.45) is 0 Å². The van der Waals surface area contributed by atoms with Gasteiger partial charge in [-0.25, -0.2) is 4.39 Å². The third kappa shape index (κ3) is 4.50. The van der Waals surface area contributed by atoms with Crippen LogP contribution in [0, 0.1) is 29.8 Å². The Hall–Kier alpha value is -4.67. The van der Waals surface area contributed by atoms with Crippen LogP contribution in [0.25, 0.3) is 0 Å². The Morgan fingerprint density at radius 2 is 1.75 bits per heavy atom. The van der Waals surface area contributed by atoms with Crippen molar-refractivity contribution < 1.29 is 33.2 Å². The third-order valence-corrected chi connectivity index (χ3v) is 5.95. The predicted molar refractivity (Wildman–Crippen MR) is 123 cm³/mol. The first-order valence-corrected chi connectivity index (χ1v) is 10.8. The summed E-state index contributed by atoms with van der Waals surface area (Å²) in [4.78, 5) is 61.1. The number of fused-ring (bicyclic) bond motifs is 1. The zero-order valence-corrected chi connectivity index (χ0v) is 19.3. The number of carbonyl (C=O) groups excluding carboxylic acids is 4. The Kier molecular flexibility index (Phi) is 6.47. The fourth-order valence-electron chi connectivity index (χ4n) is 4.11. The Morgan fingerprint density at radius 1 is 1.06 bits per heavy atom. The molecule has 0 fully saturated rings. The van der Waals surface area contributed by atoms with Gasteiger partial charge in [-0.05, 0) is 43.7 Å². The molecule has 2 aromatic carbocycles. The molecule has 2 heterocycles. The molecule has 0 saturated heterocycles. The number of esters is 1. The lowest BCUT2D eigenvalue weighted by atomic mass is 10.1. The molecule has 11 heteroatoms. The van der Waals surface area contributed by atoms with Crippen molar-refractivity contribution in [3.8, 4) is 0 Å². The number of carbonyl (C=O) groups is 4. The number of aromatic nitrogens is 1. The maximum Gasteiger partial charge on any atom is 0.326 e. The van der Waals surface area contributed by atoms with E-state index in [1.54, 1.807) is 32.0 Å². The summed E-state index contributed by atoms with van der Waals surface area (Å²) in [6.07, 6.45) is 0. The highest BCUT2D eigenvalue weighted by molar-refractivity contribution is 6.24. The number of ether oxygens (including phenoxy) is 1. The Bertz CT molecular complexity index is 1430. The van der Waals surface area contributed by atoms with Crippen molar-refractivity contribution in [2.45, 2.75) is 20.4 Å². The van der Waals surface area contributed by atoms with Crippen molar-refractivity contribution in [3.63, 3.8) is 0 Å². The van der Waals surface area contributed by atoms with Gasteiger partial charge in [0.25, 0.3) is 17.5 Å². The SMILES string of the molecule is Cc1cc(C(=O)COC(=O)CN2C(=O)c3cccc([N+](=O)[O-])c3C2=O)c(C)n1Cc1ccc(F)cc1. The van der Waals surface area contributed by atoms with E-state index in [2.05, 4.69) is 0 Å². The average molecular weight is 493 g/mol. The minimum Gasteiger partial charge on any atom is -0.456 e. The Balaban J connectivity index is 1.40. The van der Waals surface area contributed by atoms with E-state index in [1.165, 1.54) is 24.3 Å². The van der Waals surface area contributed by atoms with Gasteiger partial charge >= 0.3 is 5.97 Å². The van der Waals surface area contributed by atoms with Crippen LogP contribution in [0.5, 0.6) is 0 Å². The van der Waals surface area contributed by atoms with Crippen LogP contribution in [0.1, 0.15) is 48.0 Å². The number of aryl methyl sites for hydroxylation is 1. The molecule has 0 unspecified atom stereocenters. The molecule has 1 aliphatic rings. The normalized spacial score (nSPS) is 12.6. The zero-order valence-electron chi connectivity index (χ0n) is 19.3. The summed E-state index contributed by atoms with van der Waals surface area (Å²) < 4.78 is 20.1. The highest BCUT2D eigenvalue weighted by Gasteiger charge is 2.42. The van der Waals surface area contributed by atoms with Gasteiger partial charge in [0.1, 0.15) is 17.9 Å². The molecule has 2 amide bonds. The summed E-state index contributed by atoms with van der Waals surface area (Å²) in [5, 5.41) is 11.2. The molecule has 10 nitrogen and oxygen atoms in total. The van der Waals surface area contributed by atoms with E-state index in [4.69, 9.17) is 4.74 Å². The van der Waals surface area contributed by atoms with Crippen molar-refractivity contribution in [1.82, 2.24) is 9.47 Å². The standard InChI is InChI=1S/C25H20FN3O7/c1-14-10-19(15(2)27(14)11-16-6-8-17(26)9-7-16)21(30)13-36-22(31)12-28-24(32)18-4-3-5-20(29(34)35)23(18)25(28)33/h3-10H,11-13H2,1-2H3. The van der Waals surface area contributed by atoms with Gasteiger partial charge in [0.05, 0.1) is 10.5 Å². The van der Waals surface area contributed by atoms with E-state index in [-0.39, 0.29) is 16.9 Å². The van der Waals surface area contributed by atoms with Crippen molar-refractivity contribution in [2.75, 3.05) is 13.2 Å². The van der Waals surface area contributed by atoms with E-state index in [1.807, 2.05) is 4.57 Å². The second-order valence-electron chi connectivity index (χ2n) is 8.23. The highest BCUT2D eigenvalue weighted by Crippen LogP contribution is 2.30. The van der Waals surface area contributed by atoms with Crippen molar-refractivity contribution in [3.05, 3.63) is 98.1 Å². The number of halogens is 1. The van der Waals surface area contributed by atoms with Gasteiger partial charge in [0.15, 0.2) is 6.61 Å². The summed E-state index contributed by atoms with van der Waals surface area (Å²) in [6, 6.07) is 11.3. The van der Waals surface area contributed by atoms with Crippen LogP contribution < -0.4 is 0 Å². The number of hydrogen-bond donors (Lipinski definition) is 0. The minimum absolute atomic E-state index is 0.174. The van der Waals surface area contributed by atoms with E-state index < -0.39 is 47.3 Å². The minimum atomic E-state index is -1.01. The number of ketones is 1. The van der Waals surface area contributed by atoms with Gasteiger partial charge in [-0.3, -0.25) is 34.2 Å². The molecule has 0 radical (unpaired) electrons. The quantitative estimate of drug-likeness (QED) is 0.155. The molecule has 184 valence electrons. The predicted octanol–water partition coefficient (Wildman–Crippen LogP) is 3.22. The van der Waals surface area contributed by atoms with Gasteiger partial charge in [0, 0.05) is 29.6 Å². The van der Waals surface area contributed by atoms with Crippen LogP contribution in [0.2, 0.25) is 0 Å². The van der Waals surface area contributed by atoms with E-state index in [0.717, 1.165) is 17.3 Å². The number of nitrogens with zero attached hydrogens (tertiary/aromatic N) is 3. The molecule has 1 aliphatic heterocycles. The van der Waals surface area contributed by atoms with Crippen LogP contribution in [-0.2, 0) is 16.1 Å². The number of nitro benzene ring substituents is 1. The summed E-state index contributed by atoms with van der Waals surface area (Å²) in [5.74, 6) is -3.68. The highest BCUT2D eigenvalue weighted by atomic mass is 19.1. The molecule has 4 rings (SSSR count). The van der Waals surface area contributed by atoms with Gasteiger partial charge < -0.3 is 9.30 Å². The van der Waals surface area contributed by atoms with Gasteiger partial charge in [-0.15, -0.1) is 0 Å². The summed E-state index contributed by atoms with van der Waals surface area (Å²) in [6.45, 7) is 2.54. The monoisotopic (exact) mass is 493 g/mol. The number of nitro groups is 1. The number of hydrogen-bond acceptors (Lipinski definition) is 7. The topological polar surface area (TPSA) is 129 Å². The van der Waals surface area contributed by atoms with Crippen molar-refractivity contribution in [1.29, 1.82) is 0 Å². The lowest BCUT2D eigenvalue weighted by Crippen LogP contribution is -2.36. The second-order valence-corrected chi connectivity index (χ2v) is 8.23. The molecule has 36 heavy (non-hydrogen) atoms. The molecular weight excluding hydrogens is 473 g/mol. The molecule has 1 aromatic heterocycles. The van der Waals surface area contributed by atoms with Gasteiger partial charge in [-0.2, -0.15) is 0 Å². The molecule has 0 saturated carbocycles. The third-order valence-electron chi connectivity index (χ3n) is 5.95. The fourth-order valence-corrected chi connectivity index (χ4v) is 4.11. The molecule has 0 spiro atoms. The first-order chi connectivity index (χ1) is 17.1. The number of amides is 2. The average Bonchev–Trinajstić information content (AvgIpc) is 3.26. The zero-order chi connectivity index (χ0) is 26.1. The lowest BCUT2D eigenvalue weighted by molar-refractivity contribution is -0.385. The largest absolute Gasteiger partial charge is 0.456 e. The number of Topliss-reactive ketones (excluding diaryl/α,β-unsaturated/α-hetero) is 1. The molecule has 0 aliphatic carbocycles. The molecule has 0 bridgehead atoms. The number of benzene rings is 2. The first kappa shape index (κ1) is 24.5. The van der Waals surface area contributed by atoms with E-state index in [0.29, 0.717) is 22.7 Å². The van der Waals surface area contributed by atoms with E-state index in [9.17, 15) is 33.7 Å². The molecule has 0 N–H and O–H groups in total. The number of rotatable bonds is 8. The molecular formula is C25H20FN3O7. The van der Waals surface area contributed by atoms with Crippen molar-refractivity contribution >= 4 is 29.3 Å². The maximum absolute atomic E-state index is 13.2. The maximum atomic E-state index is 13.2. The molecule has 0 atom stereocenters. The number of imide groups is 1. The Labute approximate surface area is 204 Å². The van der Waals surface area contributed by atoms with Crippen LogP contribution in [0.4, 0.5) is 10.1 Å². The van der Waals surface area contributed by atoms with Gasteiger partial charge in [0.2, 0.25) is 5.78 Å². The summed E-state index contributed by atoms with van der Waals surface area (Å²) >= 11 is 0. The van der Waals surface area contributed by atoms with Crippen LogP contribution >= 0.6 is 0 Å². The van der Waals surface area contributed by atoms with Crippen LogP contribution in [0.15, 0.2) is 48.5 Å². The van der Waals surface area contributed by atoms with Crippen LogP contribution in [0.3, 0.4) is 0 Å². The second kappa shape index (κ2) is 9.53. The first-order valence-electron chi connectivity index (χ1n) is 10.8. The fraction of sp³-hybridized carbons (Fsp3) is 0.200. The Morgan fingerprint density at radius 3 is 2.42 bits per heavy atom. The summed E-state index contributed by atoms with van der Waals surface area (Å²) in [7, 11) is 0. The smallest absolute Gasteiger partial charge is 0.326 e. The molecule has 3 aromatic rings.